The van der Waals surface area contributed by atoms with Crippen LogP contribution in [0.4, 0.5) is 10.5 Å². The van der Waals surface area contributed by atoms with Crippen molar-refractivity contribution in [1.29, 1.82) is 0 Å². The van der Waals surface area contributed by atoms with Crippen molar-refractivity contribution >= 4 is 11.8 Å². The van der Waals surface area contributed by atoms with Gasteiger partial charge in [0.1, 0.15) is 11.7 Å². The van der Waals surface area contributed by atoms with Crippen molar-refractivity contribution in [2.45, 2.75) is 65.3 Å². The molecule has 0 saturated heterocycles. The quantitative estimate of drug-likeness (QED) is 0.619. The lowest BCUT2D eigenvalue weighted by atomic mass is 10.0. The number of anilines is 1. The summed E-state index contributed by atoms with van der Waals surface area (Å²) in [5.74, 6) is 0. The van der Waals surface area contributed by atoms with Gasteiger partial charge in [-0.2, -0.15) is 0 Å². The van der Waals surface area contributed by atoms with Crippen LogP contribution in [0.1, 0.15) is 48.0 Å². The van der Waals surface area contributed by atoms with Gasteiger partial charge in [-0.3, -0.25) is 5.32 Å². The second-order valence-electron chi connectivity index (χ2n) is 6.95. The molecule has 1 aromatic carbocycles. The molecule has 1 unspecified atom stereocenters. The normalized spacial score (nSPS) is 13.5. The summed E-state index contributed by atoms with van der Waals surface area (Å²) in [6.07, 6.45) is -0.265. The summed E-state index contributed by atoms with van der Waals surface area (Å²) in [5, 5.41) is 2.68. The van der Waals surface area contributed by atoms with Crippen molar-refractivity contribution in [3.8, 4) is 0 Å². The minimum atomic E-state index is -0.556. The van der Waals surface area contributed by atoms with Crippen LogP contribution in [0.2, 0.25) is 0 Å². The first kappa shape index (κ1) is 18.5. The molecule has 0 aromatic heterocycles. The van der Waals surface area contributed by atoms with Gasteiger partial charge in [-0.15, -0.1) is 0 Å². The molecule has 0 aliphatic heterocycles. The number of rotatable bonds is 6. The molecule has 1 atom stereocenters. The molecule has 124 valence electrons. The number of carbonyl (C=O) groups excluding carboxylic acids is 1. The Balaban J connectivity index is 2.41. The second-order valence-corrected chi connectivity index (χ2v) is 6.95. The first-order chi connectivity index (χ1) is 10.1. The predicted molar refractivity (Wildman–Crippen MR) is 86.6 cm³/mol. The summed E-state index contributed by atoms with van der Waals surface area (Å²) >= 11 is 0. The zero-order chi connectivity index (χ0) is 16.8. The molecule has 0 radical (unpaired) electrons. The van der Waals surface area contributed by atoms with Gasteiger partial charge in [0, 0.05) is 12.1 Å². The maximum atomic E-state index is 11.8. The highest BCUT2D eigenvalue weighted by Crippen LogP contribution is 2.22. The lowest BCUT2D eigenvalue weighted by Gasteiger charge is -2.30. The summed E-state index contributed by atoms with van der Waals surface area (Å²) < 4.78 is 5.34. The molecule has 0 aliphatic rings. The molecule has 0 heterocycles. The molecule has 5 heteroatoms. The average molecular weight is 309 g/mol. The van der Waals surface area contributed by atoms with E-state index < -0.39 is 11.7 Å². The molecule has 0 saturated carbocycles. The van der Waals surface area contributed by atoms with Gasteiger partial charge in [0.2, 0.25) is 0 Å². The predicted octanol–water partition coefficient (Wildman–Crippen LogP) is 4.54. The smallest absolute Gasteiger partial charge is 0.411 e. The highest BCUT2D eigenvalue weighted by molar-refractivity contribution is 5.84. The molecule has 1 N–H and O–H groups in total. The number of carbonyl (C=O) groups is 1. The molecule has 0 bridgehead atoms. The molecule has 22 heavy (non-hydrogen) atoms. The van der Waals surface area contributed by atoms with Crippen molar-refractivity contribution in [3.63, 3.8) is 0 Å². The van der Waals surface area contributed by atoms with Crippen LogP contribution < -0.4 is 5.32 Å². The zero-order valence-electron chi connectivity index (χ0n) is 14.3. The Morgan fingerprint density at radius 2 is 1.68 bits per heavy atom. The SMILES string of the molecule is CC(CC(C)(C)OOC(C)(C)C)OC(=O)Nc1ccccc1. The van der Waals surface area contributed by atoms with Gasteiger partial charge in [0.05, 0.1) is 5.60 Å². The topological polar surface area (TPSA) is 56.8 Å². The molecule has 1 rings (SSSR count). The van der Waals surface area contributed by atoms with Gasteiger partial charge in [-0.1, -0.05) is 18.2 Å². The Bertz CT molecular complexity index is 465. The molecule has 5 nitrogen and oxygen atoms in total. The van der Waals surface area contributed by atoms with Crippen molar-refractivity contribution in [2.75, 3.05) is 5.32 Å². The highest BCUT2D eigenvalue weighted by Gasteiger charge is 2.27. The Hall–Kier alpha value is -1.59. The van der Waals surface area contributed by atoms with E-state index in [9.17, 15) is 4.79 Å². The number of hydrogen-bond donors (Lipinski definition) is 1. The van der Waals surface area contributed by atoms with Crippen molar-refractivity contribution in [1.82, 2.24) is 0 Å². The zero-order valence-corrected chi connectivity index (χ0v) is 14.3. The monoisotopic (exact) mass is 309 g/mol. The van der Waals surface area contributed by atoms with Crippen LogP contribution in [-0.2, 0) is 14.5 Å². The van der Waals surface area contributed by atoms with Gasteiger partial charge in [0.25, 0.3) is 0 Å². The maximum absolute atomic E-state index is 11.8. The van der Waals surface area contributed by atoms with Crippen LogP contribution in [-0.4, -0.2) is 23.4 Å². The van der Waals surface area contributed by atoms with Crippen molar-refractivity contribution in [2.24, 2.45) is 0 Å². The average Bonchev–Trinajstić information content (AvgIpc) is 2.36. The Kier molecular flexibility index (Phi) is 6.38. The molecule has 1 amide bonds. The number of hydrogen-bond acceptors (Lipinski definition) is 4. The van der Waals surface area contributed by atoms with E-state index in [-0.39, 0.29) is 11.7 Å². The van der Waals surface area contributed by atoms with Gasteiger partial charge >= 0.3 is 6.09 Å². The molecule has 0 aliphatic carbocycles. The van der Waals surface area contributed by atoms with Crippen LogP contribution in [0.25, 0.3) is 0 Å². The van der Waals surface area contributed by atoms with Gasteiger partial charge in [-0.05, 0) is 53.7 Å². The first-order valence-electron chi connectivity index (χ1n) is 7.47. The van der Waals surface area contributed by atoms with E-state index in [2.05, 4.69) is 5.32 Å². The summed E-state index contributed by atoms with van der Waals surface area (Å²) in [6.45, 7) is 11.4. The fourth-order valence-electron chi connectivity index (χ4n) is 1.86. The van der Waals surface area contributed by atoms with E-state index >= 15 is 0 Å². The highest BCUT2D eigenvalue weighted by atomic mass is 17.2. The molecular formula is C17H27NO4. The third-order valence-corrected chi connectivity index (χ3v) is 2.62. The summed E-state index contributed by atoms with van der Waals surface area (Å²) in [7, 11) is 0. The van der Waals surface area contributed by atoms with Gasteiger partial charge < -0.3 is 4.74 Å². The summed E-state index contributed by atoms with van der Waals surface area (Å²) in [6, 6.07) is 9.18. The van der Waals surface area contributed by atoms with Crippen LogP contribution in [0, 0.1) is 0 Å². The lowest BCUT2D eigenvalue weighted by molar-refractivity contribution is -0.399. The standard InChI is InChI=1S/C17H27NO4/c1-13(12-17(5,6)22-21-16(2,3)4)20-15(19)18-14-10-8-7-9-11-14/h7-11,13H,12H2,1-6H3,(H,18,19). The van der Waals surface area contributed by atoms with Crippen LogP contribution >= 0.6 is 0 Å². The molecule has 0 spiro atoms. The largest absolute Gasteiger partial charge is 0.446 e. The van der Waals surface area contributed by atoms with Crippen LogP contribution in [0.15, 0.2) is 30.3 Å². The number of para-hydroxylation sites is 1. The fraction of sp³-hybridized carbons (Fsp3) is 0.588. The minimum Gasteiger partial charge on any atom is -0.446 e. The lowest BCUT2D eigenvalue weighted by Crippen LogP contribution is -2.35. The summed E-state index contributed by atoms with van der Waals surface area (Å²) in [5.41, 5.74) is -0.238. The maximum Gasteiger partial charge on any atom is 0.411 e. The van der Waals surface area contributed by atoms with Crippen molar-refractivity contribution in [3.05, 3.63) is 30.3 Å². The Morgan fingerprint density at radius 3 is 2.23 bits per heavy atom. The van der Waals surface area contributed by atoms with E-state index in [0.29, 0.717) is 12.1 Å². The van der Waals surface area contributed by atoms with Gasteiger partial charge in [0.15, 0.2) is 0 Å². The van der Waals surface area contributed by atoms with E-state index in [1.54, 1.807) is 12.1 Å². The van der Waals surface area contributed by atoms with Gasteiger partial charge in [-0.25, -0.2) is 14.6 Å². The summed E-state index contributed by atoms with van der Waals surface area (Å²) in [4.78, 5) is 22.6. The van der Waals surface area contributed by atoms with E-state index in [0.717, 1.165) is 0 Å². The molecule has 0 fully saturated rings. The third-order valence-electron chi connectivity index (χ3n) is 2.62. The van der Waals surface area contributed by atoms with E-state index in [4.69, 9.17) is 14.5 Å². The molecular weight excluding hydrogens is 282 g/mol. The van der Waals surface area contributed by atoms with Crippen LogP contribution in [0.5, 0.6) is 0 Å². The fourth-order valence-corrected chi connectivity index (χ4v) is 1.86. The Labute approximate surface area is 132 Å². The van der Waals surface area contributed by atoms with Crippen molar-refractivity contribution < 1.29 is 19.3 Å². The Morgan fingerprint density at radius 1 is 1.09 bits per heavy atom. The number of nitrogens with one attached hydrogen (secondary N) is 1. The van der Waals surface area contributed by atoms with E-state index in [1.165, 1.54) is 0 Å². The first-order valence-corrected chi connectivity index (χ1v) is 7.47. The van der Waals surface area contributed by atoms with Crippen LogP contribution in [0.3, 0.4) is 0 Å². The third kappa shape index (κ3) is 8.00. The second kappa shape index (κ2) is 7.61. The number of benzene rings is 1. The molecule has 1 aromatic rings. The van der Waals surface area contributed by atoms with E-state index in [1.807, 2.05) is 59.7 Å². The number of amides is 1. The number of ether oxygens (including phenoxy) is 1. The minimum absolute atomic E-state index is 0.303.